The van der Waals surface area contributed by atoms with Gasteiger partial charge in [-0.15, -0.1) is 0 Å². The fourth-order valence-electron chi connectivity index (χ4n) is 3.52. The molecule has 2 aromatic heterocycles. The summed E-state index contributed by atoms with van der Waals surface area (Å²) in [7, 11) is 3.67. The number of hydrogen-bond donors (Lipinski definition) is 0. The van der Waals surface area contributed by atoms with E-state index in [1.807, 2.05) is 18.5 Å². The maximum absolute atomic E-state index is 13.5. The van der Waals surface area contributed by atoms with Gasteiger partial charge in [0.05, 0.1) is 34.0 Å². The van der Waals surface area contributed by atoms with Crippen LogP contribution in [0, 0.1) is 0 Å². The molecule has 0 saturated carbocycles. The minimum atomic E-state index is -0.265. The highest BCUT2D eigenvalue weighted by Gasteiger charge is 2.22. The monoisotopic (exact) mass is 487 g/mol. The molecule has 0 fully saturated rings. The summed E-state index contributed by atoms with van der Waals surface area (Å²) in [6.45, 7) is 2.42. The zero-order valence-electron chi connectivity index (χ0n) is 17.7. The number of nitrogens with zero attached hydrogens (tertiary/aromatic N) is 5. The molecule has 32 heavy (non-hydrogen) atoms. The van der Waals surface area contributed by atoms with Gasteiger partial charge in [0, 0.05) is 36.5 Å². The molecule has 1 amide bonds. The average molecular weight is 489 g/mol. The second kappa shape index (κ2) is 9.06. The molecule has 164 valence electrons. The number of halogens is 3. The normalized spacial score (nSPS) is 11.2. The summed E-state index contributed by atoms with van der Waals surface area (Å²) in [5.41, 5.74) is 2.30. The average Bonchev–Trinajstić information content (AvgIpc) is 3.13. The van der Waals surface area contributed by atoms with E-state index in [1.54, 1.807) is 54.5 Å². The van der Waals surface area contributed by atoms with Gasteiger partial charge in [-0.25, -0.2) is 15.0 Å². The number of carbonyl (C=O) groups excluding carboxylic acids is 1. The molecule has 4 aromatic rings. The lowest BCUT2D eigenvalue weighted by Crippen LogP contribution is -2.28. The predicted octanol–water partition coefficient (Wildman–Crippen LogP) is 5.83. The van der Waals surface area contributed by atoms with Gasteiger partial charge in [0.1, 0.15) is 11.5 Å². The molecule has 0 aliphatic carbocycles. The smallest absolute Gasteiger partial charge is 0.273 e. The number of aromatic nitrogens is 4. The first-order valence-corrected chi connectivity index (χ1v) is 11.1. The lowest BCUT2D eigenvalue weighted by atomic mass is 10.1. The lowest BCUT2D eigenvalue weighted by Gasteiger charge is -2.19. The minimum absolute atomic E-state index is 0.240. The second-order valence-electron chi connectivity index (χ2n) is 7.40. The van der Waals surface area contributed by atoms with E-state index in [9.17, 15) is 4.79 Å². The maximum atomic E-state index is 13.5. The molecule has 0 aliphatic rings. The summed E-state index contributed by atoms with van der Waals surface area (Å²) in [6.07, 6.45) is 2.60. The molecule has 0 spiro atoms. The first-order valence-electron chi connectivity index (χ1n) is 9.96. The Labute approximate surface area is 200 Å². The van der Waals surface area contributed by atoms with Crippen molar-refractivity contribution in [2.75, 3.05) is 7.05 Å². The van der Waals surface area contributed by atoms with E-state index in [0.29, 0.717) is 43.9 Å². The van der Waals surface area contributed by atoms with Crippen LogP contribution in [0.4, 0.5) is 0 Å². The first kappa shape index (κ1) is 22.5. The SMILES string of the molecule is CCc1ncc(CN(C)C(=O)c2nc(-c3cccc(Cl)c3Cl)nc3ccc(Cl)cc23)n1C. The largest absolute Gasteiger partial charge is 0.334 e. The molecule has 4 rings (SSSR count). The van der Waals surface area contributed by atoms with Gasteiger partial charge in [0.25, 0.3) is 5.91 Å². The van der Waals surface area contributed by atoms with Crippen LogP contribution in [0.5, 0.6) is 0 Å². The Morgan fingerprint density at radius 3 is 2.62 bits per heavy atom. The van der Waals surface area contributed by atoms with Gasteiger partial charge in [-0.3, -0.25) is 4.79 Å². The number of aryl methyl sites for hydroxylation is 1. The summed E-state index contributed by atoms with van der Waals surface area (Å²) < 4.78 is 2.00. The fourth-order valence-corrected chi connectivity index (χ4v) is 4.08. The lowest BCUT2D eigenvalue weighted by molar-refractivity contribution is 0.0778. The van der Waals surface area contributed by atoms with Gasteiger partial charge in [0.2, 0.25) is 0 Å². The van der Waals surface area contributed by atoms with Crippen molar-refractivity contribution >= 4 is 51.6 Å². The molecule has 0 saturated heterocycles. The molecular formula is C23H20Cl3N5O. The van der Waals surface area contributed by atoms with Gasteiger partial charge in [-0.2, -0.15) is 0 Å². The van der Waals surface area contributed by atoms with E-state index in [0.717, 1.165) is 17.9 Å². The molecule has 2 aromatic carbocycles. The fraction of sp³-hybridized carbons (Fsp3) is 0.217. The molecule has 0 N–H and O–H groups in total. The Balaban J connectivity index is 1.80. The van der Waals surface area contributed by atoms with Gasteiger partial charge in [-0.1, -0.05) is 47.8 Å². The van der Waals surface area contributed by atoms with E-state index in [1.165, 1.54) is 0 Å². The minimum Gasteiger partial charge on any atom is -0.334 e. The standard InChI is InChI=1S/C23H20Cl3N5O/c1-4-19-27-11-14(31(19)3)12-30(2)23(32)21-16-10-13(24)8-9-18(16)28-22(29-21)15-6-5-7-17(25)20(15)26/h5-11H,4,12H2,1-3H3. The Hall–Kier alpha value is -2.67. The third kappa shape index (κ3) is 4.18. The van der Waals surface area contributed by atoms with Gasteiger partial charge in [-0.05, 0) is 30.3 Å². The van der Waals surface area contributed by atoms with E-state index in [4.69, 9.17) is 34.8 Å². The van der Waals surface area contributed by atoms with Crippen molar-refractivity contribution in [1.29, 1.82) is 0 Å². The molecule has 2 heterocycles. The van der Waals surface area contributed by atoms with Gasteiger partial charge >= 0.3 is 0 Å². The molecule has 9 heteroatoms. The van der Waals surface area contributed by atoms with Crippen LogP contribution in [-0.2, 0) is 20.0 Å². The Kier molecular flexibility index (Phi) is 6.38. The van der Waals surface area contributed by atoms with Crippen LogP contribution in [0.25, 0.3) is 22.3 Å². The highest BCUT2D eigenvalue weighted by atomic mass is 35.5. The highest BCUT2D eigenvalue weighted by Crippen LogP contribution is 2.33. The summed E-state index contributed by atoms with van der Waals surface area (Å²) in [4.78, 5) is 28.7. The number of rotatable bonds is 5. The number of amides is 1. The van der Waals surface area contributed by atoms with E-state index < -0.39 is 0 Å². The summed E-state index contributed by atoms with van der Waals surface area (Å²) >= 11 is 18.8. The zero-order valence-corrected chi connectivity index (χ0v) is 20.0. The van der Waals surface area contributed by atoms with Gasteiger partial charge in [0.15, 0.2) is 5.82 Å². The first-order chi connectivity index (χ1) is 15.3. The van der Waals surface area contributed by atoms with Crippen molar-refractivity contribution in [3.63, 3.8) is 0 Å². The van der Waals surface area contributed by atoms with Crippen molar-refractivity contribution < 1.29 is 4.79 Å². The summed E-state index contributed by atoms with van der Waals surface area (Å²) in [5.74, 6) is 1.01. The predicted molar refractivity (Wildman–Crippen MR) is 128 cm³/mol. The van der Waals surface area contributed by atoms with Crippen LogP contribution in [0.3, 0.4) is 0 Å². The molecule has 0 radical (unpaired) electrons. The highest BCUT2D eigenvalue weighted by molar-refractivity contribution is 6.43. The Morgan fingerprint density at radius 1 is 1.12 bits per heavy atom. The molecule has 0 unspecified atom stereocenters. The van der Waals surface area contributed by atoms with E-state index in [2.05, 4.69) is 15.0 Å². The van der Waals surface area contributed by atoms with Crippen LogP contribution in [0.2, 0.25) is 15.1 Å². The van der Waals surface area contributed by atoms with Crippen molar-refractivity contribution in [3.05, 3.63) is 74.9 Å². The zero-order chi connectivity index (χ0) is 23.0. The summed E-state index contributed by atoms with van der Waals surface area (Å²) in [5, 5.41) is 1.77. The maximum Gasteiger partial charge on any atom is 0.273 e. The van der Waals surface area contributed by atoms with Crippen molar-refractivity contribution in [1.82, 2.24) is 24.4 Å². The van der Waals surface area contributed by atoms with Crippen molar-refractivity contribution in [2.45, 2.75) is 19.9 Å². The van der Waals surface area contributed by atoms with E-state index >= 15 is 0 Å². The number of imidazole rings is 1. The Morgan fingerprint density at radius 2 is 1.91 bits per heavy atom. The number of hydrogen-bond acceptors (Lipinski definition) is 4. The Bertz CT molecular complexity index is 1330. The van der Waals surface area contributed by atoms with Crippen LogP contribution < -0.4 is 0 Å². The number of fused-ring (bicyclic) bond motifs is 1. The summed E-state index contributed by atoms with van der Waals surface area (Å²) in [6, 6.07) is 10.4. The van der Waals surface area contributed by atoms with Crippen LogP contribution in [0.15, 0.2) is 42.6 Å². The second-order valence-corrected chi connectivity index (χ2v) is 8.62. The molecule has 0 bridgehead atoms. The number of carbonyl (C=O) groups is 1. The van der Waals surface area contributed by atoms with Crippen LogP contribution in [-0.4, -0.2) is 37.4 Å². The van der Waals surface area contributed by atoms with Crippen LogP contribution in [0.1, 0.15) is 28.9 Å². The topological polar surface area (TPSA) is 63.9 Å². The van der Waals surface area contributed by atoms with Crippen molar-refractivity contribution in [3.8, 4) is 11.4 Å². The molecule has 0 atom stereocenters. The van der Waals surface area contributed by atoms with Gasteiger partial charge < -0.3 is 9.47 Å². The third-order valence-electron chi connectivity index (χ3n) is 5.30. The van der Waals surface area contributed by atoms with Crippen molar-refractivity contribution in [2.24, 2.45) is 7.05 Å². The quantitative estimate of drug-likeness (QED) is 0.355. The molecule has 0 aliphatic heterocycles. The molecule has 6 nitrogen and oxygen atoms in total. The number of benzene rings is 2. The van der Waals surface area contributed by atoms with E-state index in [-0.39, 0.29) is 11.6 Å². The third-order valence-corrected chi connectivity index (χ3v) is 6.35. The molecular weight excluding hydrogens is 469 g/mol. The van der Waals surface area contributed by atoms with Crippen LogP contribution >= 0.6 is 34.8 Å².